The number of anilines is 1. The number of hydrogen-bond acceptors (Lipinski definition) is 8. The van der Waals surface area contributed by atoms with Crippen LogP contribution in [0.5, 0.6) is 0 Å². The van der Waals surface area contributed by atoms with Crippen molar-refractivity contribution >= 4 is 47.4 Å². The van der Waals surface area contributed by atoms with Crippen LogP contribution >= 0.6 is 0 Å². The summed E-state index contributed by atoms with van der Waals surface area (Å²) in [5.41, 5.74) is 6.79. The van der Waals surface area contributed by atoms with Gasteiger partial charge in [-0.15, -0.1) is 0 Å². The minimum absolute atomic E-state index is 0.207. The molecule has 3 aliphatic rings. The van der Waals surface area contributed by atoms with Gasteiger partial charge in [-0.1, -0.05) is 50.3 Å². The molecule has 0 amide bonds. The zero-order valence-corrected chi connectivity index (χ0v) is 35.1. The second-order valence-electron chi connectivity index (χ2n) is 15.5. The highest BCUT2D eigenvalue weighted by molar-refractivity contribution is 7.86. The second kappa shape index (κ2) is 16.9. The number of ether oxygens (including phenoxy) is 1. The first-order valence-electron chi connectivity index (χ1n) is 18.7. The Kier molecular flexibility index (Phi) is 13.1. The van der Waals surface area contributed by atoms with Crippen LogP contribution in [-0.2, 0) is 45.9 Å². The van der Waals surface area contributed by atoms with Gasteiger partial charge >= 0.3 is 0 Å². The molecular weight excluding hydrogens is 777 g/mol. The van der Waals surface area contributed by atoms with Gasteiger partial charge in [0, 0.05) is 47.5 Å². The highest BCUT2D eigenvalue weighted by Crippen LogP contribution is 2.48. The normalized spacial score (nSPS) is 19.9. The van der Waals surface area contributed by atoms with Crippen LogP contribution in [0.25, 0.3) is 0 Å². The predicted molar refractivity (Wildman–Crippen MR) is 220 cm³/mol. The zero-order chi connectivity index (χ0) is 41.1. The summed E-state index contributed by atoms with van der Waals surface area (Å²) >= 11 is 0. The van der Waals surface area contributed by atoms with Crippen molar-refractivity contribution in [3.05, 3.63) is 113 Å². The fourth-order valence-corrected chi connectivity index (χ4v) is 9.67. The molecule has 0 atom stereocenters. The molecule has 5 rings (SSSR count). The van der Waals surface area contributed by atoms with Gasteiger partial charge in [-0.3, -0.25) is 13.7 Å². The Labute approximate surface area is 331 Å². The summed E-state index contributed by atoms with van der Waals surface area (Å²) in [7, 11) is -10.9. The summed E-state index contributed by atoms with van der Waals surface area (Å²) in [4.78, 5) is 1.81. The number of nitrogens with zero attached hydrogens (tertiary/aromatic N) is 2. The molecular formula is C41H53N2O10S3+. The molecule has 15 heteroatoms. The van der Waals surface area contributed by atoms with Crippen molar-refractivity contribution in [3.8, 4) is 0 Å². The minimum Gasteiger partial charge on any atom is -0.496 e. The van der Waals surface area contributed by atoms with Crippen LogP contribution in [0.3, 0.4) is 0 Å². The zero-order valence-electron chi connectivity index (χ0n) is 32.6. The van der Waals surface area contributed by atoms with Gasteiger partial charge in [0.25, 0.3) is 30.4 Å². The molecule has 2 heterocycles. The van der Waals surface area contributed by atoms with Crippen LogP contribution in [0.4, 0.5) is 11.4 Å². The predicted octanol–water partition coefficient (Wildman–Crippen LogP) is 7.45. The molecule has 2 aliphatic heterocycles. The maximum absolute atomic E-state index is 12.0. The van der Waals surface area contributed by atoms with Crippen molar-refractivity contribution in [2.45, 2.75) is 88.4 Å². The molecule has 0 fully saturated rings. The van der Waals surface area contributed by atoms with Crippen LogP contribution in [0, 0.1) is 0 Å². The van der Waals surface area contributed by atoms with Crippen LogP contribution in [-0.4, -0.2) is 80.9 Å². The number of unbranched alkanes of at least 4 members (excludes halogenated alkanes) is 2. The Bertz CT molecular complexity index is 2370. The number of methoxy groups -OCH3 is 1. The molecule has 0 aromatic heterocycles. The number of para-hydroxylation sites is 1. The number of fused-ring (bicyclic) bond motifs is 2. The SMILES string of the molecule is COC1=C(/C=C/C2=[N+](CCCCS(=O)(=O)O)c3ccccc3C2(C)C)CCC\C1=C/C=C/C=C1/N(CCCCS(=O)(=O)O)c2ccc(S(=O)(=O)O)cc2C1(C)C. The molecule has 0 spiro atoms. The Morgan fingerprint density at radius 2 is 1.45 bits per heavy atom. The standard InChI is InChI=1S/C41H52N2O10S3/c1-40(2)33-18-7-8-19-35(33)42(25-10-12-27-54(44,45)46)38(40)24-21-31-17-14-16-30(39(31)53-5)15-6-9-20-37-41(3,4)34-29-32(56(50,51)52)22-23-36(34)43(37)26-11-13-28-55(47,48)49/h6-9,15,18-24,29H,10-14,16-17,25-28H2,1-5H3,(H2-,44,45,46,47,48,49,50,51,52)/p+1. The summed E-state index contributed by atoms with van der Waals surface area (Å²) < 4.78 is 106. The molecule has 56 heavy (non-hydrogen) atoms. The van der Waals surface area contributed by atoms with Crippen molar-refractivity contribution < 1.29 is 48.2 Å². The molecule has 3 N–H and O–H groups in total. The molecule has 2 aromatic carbocycles. The lowest BCUT2D eigenvalue weighted by Crippen LogP contribution is -2.28. The van der Waals surface area contributed by atoms with E-state index in [1.54, 1.807) is 13.2 Å². The summed E-state index contributed by atoms with van der Waals surface area (Å²) in [6.07, 6.45) is 16.3. The third-order valence-electron chi connectivity index (χ3n) is 10.8. The number of allylic oxidation sites excluding steroid dienone is 9. The summed E-state index contributed by atoms with van der Waals surface area (Å²) in [5.74, 6) is 0.161. The topological polar surface area (TPSA) is 179 Å². The lowest BCUT2D eigenvalue weighted by atomic mass is 9.81. The van der Waals surface area contributed by atoms with Gasteiger partial charge in [0.15, 0.2) is 5.71 Å². The Hall–Kier alpha value is -3.86. The van der Waals surface area contributed by atoms with E-state index in [2.05, 4.69) is 42.7 Å². The Balaban J connectivity index is 1.43. The molecule has 12 nitrogen and oxygen atoms in total. The first-order chi connectivity index (χ1) is 26.1. The van der Waals surface area contributed by atoms with Gasteiger partial charge in [0.1, 0.15) is 12.3 Å². The van der Waals surface area contributed by atoms with E-state index in [1.165, 1.54) is 17.7 Å². The van der Waals surface area contributed by atoms with E-state index in [1.807, 2.05) is 55.2 Å². The van der Waals surface area contributed by atoms with Crippen LogP contribution in [0.15, 0.2) is 106 Å². The van der Waals surface area contributed by atoms with E-state index >= 15 is 0 Å². The molecule has 0 saturated carbocycles. The maximum atomic E-state index is 12.0. The Morgan fingerprint density at radius 1 is 0.786 bits per heavy atom. The maximum Gasteiger partial charge on any atom is 0.294 e. The number of rotatable bonds is 16. The highest BCUT2D eigenvalue weighted by Gasteiger charge is 2.44. The molecule has 0 bridgehead atoms. The van der Waals surface area contributed by atoms with E-state index in [0.29, 0.717) is 37.9 Å². The number of hydrogen-bond donors (Lipinski definition) is 3. The van der Waals surface area contributed by atoms with Gasteiger partial charge < -0.3 is 9.64 Å². The second-order valence-corrected chi connectivity index (χ2v) is 20.0. The lowest BCUT2D eigenvalue weighted by Gasteiger charge is -2.27. The van der Waals surface area contributed by atoms with Gasteiger partial charge in [-0.2, -0.15) is 29.8 Å². The molecule has 304 valence electrons. The quantitative estimate of drug-likeness (QED) is 0.0870. The third kappa shape index (κ3) is 9.98. The van der Waals surface area contributed by atoms with E-state index in [9.17, 15) is 38.9 Å². The van der Waals surface area contributed by atoms with Crippen molar-refractivity contribution in [1.82, 2.24) is 0 Å². The molecule has 1 aliphatic carbocycles. The molecule has 2 aromatic rings. The third-order valence-corrected chi connectivity index (χ3v) is 13.3. The molecule has 0 unspecified atom stereocenters. The minimum atomic E-state index is -4.44. The molecule has 0 radical (unpaired) electrons. The van der Waals surface area contributed by atoms with Gasteiger partial charge in [0.2, 0.25) is 5.69 Å². The van der Waals surface area contributed by atoms with Crippen molar-refractivity contribution in [2.24, 2.45) is 0 Å². The highest BCUT2D eigenvalue weighted by atomic mass is 32.2. The van der Waals surface area contributed by atoms with Gasteiger partial charge in [-0.25, -0.2) is 0 Å². The van der Waals surface area contributed by atoms with Crippen molar-refractivity contribution in [3.63, 3.8) is 0 Å². The summed E-state index contributed by atoms with van der Waals surface area (Å²) in [6, 6.07) is 12.7. The largest absolute Gasteiger partial charge is 0.496 e. The summed E-state index contributed by atoms with van der Waals surface area (Å²) in [6.45, 7) is 9.31. The summed E-state index contributed by atoms with van der Waals surface area (Å²) in [5, 5.41) is 0. The fraction of sp³-hybridized carbons (Fsp3) is 0.439. The van der Waals surface area contributed by atoms with Crippen molar-refractivity contribution in [1.29, 1.82) is 0 Å². The van der Waals surface area contributed by atoms with E-state index in [0.717, 1.165) is 59.0 Å². The first-order valence-corrected chi connectivity index (χ1v) is 23.4. The van der Waals surface area contributed by atoms with E-state index in [4.69, 9.17) is 4.74 Å². The smallest absolute Gasteiger partial charge is 0.294 e. The van der Waals surface area contributed by atoms with Gasteiger partial charge in [-0.05, 0) is 99.4 Å². The fourth-order valence-electron chi connectivity index (χ4n) is 8.03. The van der Waals surface area contributed by atoms with Crippen LogP contribution in [0.1, 0.15) is 83.8 Å². The van der Waals surface area contributed by atoms with Crippen LogP contribution < -0.4 is 4.90 Å². The first kappa shape index (κ1) is 43.3. The van der Waals surface area contributed by atoms with E-state index < -0.39 is 35.8 Å². The average Bonchev–Trinajstić information content (AvgIpc) is 3.46. The van der Waals surface area contributed by atoms with E-state index in [-0.39, 0.29) is 28.2 Å². The lowest BCUT2D eigenvalue weighted by molar-refractivity contribution is -0.438. The van der Waals surface area contributed by atoms with Gasteiger partial charge in [0.05, 0.1) is 28.9 Å². The van der Waals surface area contributed by atoms with Crippen molar-refractivity contribution in [2.75, 3.05) is 36.6 Å². The Morgan fingerprint density at radius 3 is 2.11 bits per heavy atom. The average molecular weight is 830 g/mol. The van der Waals surface area contributed by atoms with Crippen LogP contribution in [0.2, 0.25) is 0 Å². The monoisotopic (exact) mass is 829 g/mol. The number of benzene rings is 2. The molecule has 0 saturated heterocycles.